The second-order valence-corrected chi connectivity index (χ2v) is 7.35. The lowest BCUT2D eigenvalue weighted by Gasteiger charge is -2.37. The molecule has 1 N–H and O–H groups in total. The van der Waals surface area contributed by atoms with Gasteiger partial charge in [-0.2, -0.15) is 10.2 Å². The van der Waals surface area contributed by atoms with E-state index in [1.54, 1.807) is 22.8 Å². The van der Waals surface area contributed by atoms with Crippen LogP contribution in [-0.4, -0.2) is 50.9 Å². The zero-order chi connectivity index (χ0) is 19.2. The molecule has 0 aliphatic carbocycles. The summed E-state index contributed by atoms with van der Waals surface area (Å²) in [6.45, 7) is 2.56. The largest absolute Gasteiger partial charge is 0.473 e. The third kappa shape index (κ3) is 2.88. The number of hydrogen-bond acceptors (Lipinski definition) is 6. The zero-order valence-corrected chi connectivity index (χ0v) is 15.2. The molecule has 2 aliphatic rings. The molecule has 0 amide bonds. The van der Waals surface area contributed by atoms with E-state index in [4.69, 9.17) is 10.00 Å². The first-order chi connectivity index (χ1) is 12.9. The van der Waals surface area contributed by atoms with Gasteiger partial charge in [0.1, 0.15) is 40.0 Å². The highest BCUT2D eigenvalue weighted by Gasteiger charge is 2.46. The molecular formula is C17H18B2FN5O2. The minimum Gasteiger partial charge on any atom is -0.473 e. The molecule has 0 bridgehead atoms. The maximum atomic E-state index is 13.4. The predicted molar refractivity (Wildman–Crippen MR) is 103 cm³/mol. The third-order valence-corrected chi connectivity index (χ3v) is 5.35. The molecule has 4 rings (SSSR count). The van der Waals surface area contributed by atoms with Gasteiger partial charge in [-0.25, -0.2) is 9.18 Å². The molecule has 7 nitrogen and oxygen atoms in total. The standard InChI is InChI=1S/C17H18B2FN5O2/c18-17(19)13-8-22-3-4-24(13)15-6-14(23-16(26)25(15)17)27-9-10-1-2-12(20)11(5-10)7-21/h1-2,5-6,13,22H,3-4,8-9,18-19H2. The van der Waals surface area contributed by atoms with Crippen LogP contribution in [0.15, 0.2) is 29.1 Å². The number of hydrogen-bond donors (Lipinski definition) is 1. The predicted octanol–water partition coefficient (Wildman–Crippen LogP) is -1.50. The van der Waals surface area contributed by atoms with Crippen LogP contribution in [0.5, 0.6) is 5.88 Å². The molecule has 2 aliphatic heterocycles. The SMILES string of the molecule is BC1(B)C2CNCCN2c2cc(OCc3ccc(F)c(C#N)c3)nc(=O)n21. The molecule has 136 valence electrons. The average molecular weight is 365 g/mol. The second-order valence-electron chi connectivity index (χ2n) is 7.35. The van der Waals surface area contributed by atoms with Gasteiger partial charge in [0, 0.05) is 31.0 Å². The van der Waals surface area contributed by atoms with E-state index in [2.05, 4.69) is 15.2 Å². The highest BCUT2D eigenvalue weighted by molar-refractivity contribution is 6.39. The molecule has 2 aromatic rings. The first-order valence-electron chi connectivity index (χ1n) is 8.85. The van der Waals surface area contributed by atoms with E-state index < -0.39 is 5.82 Å². The van der Waals surface area contributed by atoms with E-state index in [1.165, 1.54) is 12.1 Å². The highest BCUT2D eigenvalue weighted by atomic mass is 19.1. The molecule has 3 heterocycles. The Balaban J connectivity index is 1.63. The van der Waals surface area contributed by atoms with E-state index in [9.17, 15) is 9.18 Å². The van der Waals surface area contributed by atoms with Crippen molar-refractivity contribution < 1.29 is 9.13 Å². The number of fused-ring (bicyclic) bond motifs is 3. The number of nitrogens with zero attached hydrogens (tertiary/aromatic N) is 4. The number of ether oxygens (including phenoxy) is 1. The van der Waals surface area contributed by atoms with Crippen LogP contribution in [0, 0.1) is 17.1 Å². The first kappa shape index (κ1) is 17.6. The van der Waals surface area contributed by atoms with Crippen molar-refractivity contribution in [2.45, 2.75) is 18.0 Å². The summed E-state index contributed by atoms with van der Waals surface area (Å²) >= 11 is 0. The smallest absolute Gasteiger partial charge is 0.351 e. The number of nitrogens with one attached hydrogen (secondary N) is 1. The molecule has 0 radical (unpaired) electrons. The van der Waals surface area contributed by atoms with Gasteiger partial charge in [-0.3, -0.25) is 4.57 Å². The summed E-state index contributed by atoms with van der Waals surface area (Å²) < 4.78 is 20.8. The molecule has 0 spiro atoms. The van der Waals surface area contributed by atoms with Crippen LogP contribution in [0.1, 0.15) is 11.1 Å². The Morgan fingerprint density at radius 1 is 1.44 bits per heavy atom. The Morgan fingerprint density at radius 2 is 2.26 bits per heavy atom. The average Bonchev–Trinajstić information content (AvgIpc) is 2.89. The van der Waals surface area contributed by atoms with Crippen molar-refractivity contribution in [3.05, 3.63) is 51.7 Å². The summed E-state index contributed by atoms with van der Waals surface area (Å²) in [5, 5.41) is 11.9. The van der Waals surface area contributed by atoms with Crippen molar-refractivity contribution in [3.8, 4) is 11.9 Å². The van der Waals surface area contributed by atoms with Gasteiger partial charge >= 0.3 is 5.69 Å². The van der Waals surface area contributed by atoms with Crippen LogP contribution in [0.3, 0.4) is 0 Å². The molecule has 27 heavy (non-hydrogen) atoms. The van der Waals surface area contributed by atoms with Crippen LogP contribution in [0.2, 0.25) is 0 Å². The first-order valence-corrected chi connectivity index (χ1v) is 8.85. The number of nitriles is 1. The van der Waals surface area contributed by atoms with Gasteiger partial charge in [-0.05, 0) is 17.7 Å². The van der Waals surface area contributed by atoms with Gasteiger partial charge in [-0.1, -0.05) is 6.07 Å². The summed E-state index contributed by atoms with van der Waals surface area (Å²) in [5.74, 6) is 0.463. The van der Waals surface area contributed by atoms with Crippen molar-refractivity contribution in [2.24, 2.45) is 0 Å². The van der Waals surface area contributed by atoms with Gasteiger partial charge in [-0.15, -0.1) is 0 Å². The van der Waals surface area contributed by atoms with Gasteiger partial charge in [0.15, 0.2) is 0 Å². The van der Waals surface area contributed by atoms with E-state index in [-0.39, 0.29) is 35.1 Å². The van der Waals surface area contributed by atoms with Crippen molar-refractivity contribution in [1.82, 2.24) is 14.9 Å². The maximum Gasteiger partial charge on any atom is 0.351 e. The van der Waals surface area contributed by atoms with Crippen molar-refractivity contribution in [1.29, 1.82) is 5.26 Å². The number of benzene rings is 1. The maximum absolute atomic E-state index is 13.4. The van der Waals surface area contributed by atoms with E-state index in [1.807, 2.05) is 15.7 Å². The summed E-state index contributed by atoms with van der Waals surface area (Å²) in [6, 6.07) is 7.97. The normalized spacial score (nSPS) is 19.9. The summed E-state index contributed by atoms with van der Waals surface area (Å²) in [4.78, 5) is 19.0. The molecule has 1 aromatic carbocycles. The molecule has 1 fully saturated rings. The molecular weight excluding hydrogens is 347 g/mol. The minimum atomic E-state index is -0.567. The van der Waals surface area contributed by atoms with Crippen LogP contribution in [0.25, 0.3) is 0 Å². The Kier molecular flexibility index (Phi) is 4.19. The number of anilines is 1. The summed E-state index contributed by atoms with van der Waals surface area (Å²) in [5.41, 5.74) is 0.248. The van der Waals surface area contributed by atoms with Crippen LogP contribution < -0.4 is 20.6 Å². The van der Waals surface area contributed by atoms with Gasteiger partial charge in [0.25, 0.3) is 0 Å². The second kappa shape index (κ2) is 6.43. The topological polar surface area (TPSA) is 83.2 Å². The summed E-state index contributed by atoms with van der Waals surface area (Å²) in [6.07, 6.45) is 0. The van der Waals surface area contributed by atoms with Gasteiger partial charge in [0.05, 0.1) is 11.6 Å². The number of halogens is 1. The fourth-order valence-electron chi connectivity index (χ4n) is 3.94. The van der Waals surface area contributed by atoms with Crippen LogP contribution >= 0.6 is 0 Å². The zero-order valence-electron chi connectivity index (χ0n) is 15.2. The highest BCUT2D eigenvalue weighted by Crippen LogP contribution is 2.35. The Morgan fingerprint density at radius 3 is 3.04 bits per heavy atom. The fourth-order valence-corrected chi connectivity index (χ4v) is 3.94. The molecule has 1 aromatic heterocycles. The van der Waals surface area contributed by atoms with E-state index >= 15 is 0 Å². The van der Waals surface area contributed by atoms with Crippen molar-refractivity contribution in [3.63, 3.8) is 0 Å². The number of rotatable bonds is 3. The molecule has 1 atom stereocenters. The number of piperazine rings is 1. The monoisotopic (exact) mass is 365 g/mol. The molecule has 1 saturated heterocycles. The third-order valence-electron chi connectivity index (χ3n) is 5.35. The Labute approximate surface area is 157 Å². The lowest BCUT2D eigenvalue weighted by Crippen LogP contribution is -2.59. The minimum absolute atomic E-state index is 0.0384. The fraction of sp³-hybridized carbons (Fsp3) is 0.353. The van der Waals surface area contributed by atoms with Crippen molar-refractivity contribution in [2.75, 3.05) is 24.5 Å². The van der Waals surface area contributed by atoms with Crippen molar-refractivity contribution >= 4 is 21.5 Å². The Hall–Kier alpha value is -2.79. The molecule has 10 heteroatoms. The Bertz CT molecular complexity index is 1000. The lowest BCUT2D eigenvalue weighted by molar-refractivity contribution is 0.291. The van der Waals surface area contributed by atoms with Crippen LogP contribution in [0.4, 0.5) is 10.2 Å². The van der Waals surface area contributed by atoms with E-state index in [0.29, 0.717) is 5.56 Å². The van der Waals surface area contributed by atoms with Crippen LogP contribution in [-0.2, 0) is 11.9 Å². The molecule has 0 saturated carbocycles. The van der Waals surface area contributed by atoms with Gasteiger partial charge < -0.3 is 15.0 Å². The number of aromatic nitrogens is 2. The lowest BCUT2D eigenvalue weighted by atomic mass is 9.57. The molecule has 1 unspecified atom stereocenters. The summed E-state index contributed by atoms with van der Waals surface area (Å²) in [7, 11) is 4.08. The quantitative estimate of drug-likeness (QED) is 0.667. The van der Waals surface area contributed by atoms with E-state index in [0.717, 1.165) is 25.5 Å². The van der Waals surface area contributed by atoms with Gasteiger partial charge in [0.2, 0.25) is 5.88 Å².